The molecule has 2 aromatic rings. The number of rotatable bonds is 7. The summed E-state index contributed by atoms with van der Waals surface area (Å²) in [5, 5.41) is 4.94. The second kappa shape index (κ2) is 9.97. The van der Waals surface area contributed by atoms with Gasteiger partial charge in [0.05, 0.1) is 11.6 Å². The van der Waals surface area contributed by atoms with E-state index in [4.69, 9.17) is 11.6 Å². The zero-order chi connectivity index (χ0) is 23.5. The summed E-state index contributed by atoms with van der Waals surface area (Å²) in [6.07, 6.45) is 1.72. The minimum absolute atomic E-state index is 0.0901. The molecule has 0 bridgehead atoms. The Morgan fingerprint density at radius 2 is 1.75 bits per heavy atom. The highest BCUT2D eigenvalue weighted by Gasteiger charge is 2.31. The average Bonchev–Trinajstić information content (AvgIpc) is 2.76. The number of halogens is 4. The van der Waals surface area contributed by atoms with E-state index in [1.165, 1.54) is 16.4 Å². The van der Waals surface area contributed by atoms with E-state index in [1.807, 2.05) is 0 Å². The normalized spacial score (nSPS) is 15.5. The topological polar surface area (TPSA) is 95.9 Å². The molecule has 172 valence electrons. The van der Waals surface area contributed by atoms with Gasteiger partial charge in [0.25, 0.3) is 5.91 Å². The Morgan fingerprint density at radius 3 is 2.34 bits per heavy atom. The number of nitroso groups, excluding NO2 is 1. The molecule has 0 unspecified atom stereocenters. The fourth-order valence-corrected chi connectivity index (χ4v) is 5.46. The molecule has 1 N–H and O–H groups in total. The quantitative estimate of drug-likeness (QED) is 0.455. The van der Waals surface area contributed by atoms with Crippen molar-refractivity contribution in [3.63, 3.8) is 0 Å². The number of carbonyl (C=O) groups is 1. The lowest BCUT2D eigenvalue weighted by molar-refractivity contribution is 0.102. The average molecular weight is 490 g/mol. The van der Waals surface area contributed by atoms with Crippen LogP contribution in [-0.4, -0.2) is 38.3 Å². The molecule has 1 amide bonds. The molecule has 1 aliphatic heterocycles. The second-order valence-corrected chi connectivity index (χ2v) is 9.66. The van der Waals surface area contributed by atoms with Crippen LogP contribution in [0.15, 0.2) is 40.4 Å². The third kappa shape index (κ3) is 5.28. The van der Waals surface area contributed by atoms with E-state index in [1.54, 1.807) is 0 Å². The number of hydrogen-bond donors (Lipinski definition) is 1. The van der Waals surface area contributed by atoms with Gasteiger partial charge in [0.1, 0.15) is 4.90 Å². The SMILES string of the molecule is O=NCCC1CCN(S(=O)(=O)c2cc(C(=O)Nc3cc(F)c(F)c(F)c3)ccc2Cl)CC1. The van der Waals surface area contributed by atoms with Gasteiger partial charge in [0, 0.05) is 36.5 Å². The largest absolute Gasteiger partial charge is 0.322 e. The van der Waals surface area contributed by atoms with Crippen LogP contribution < -0.4 is 5.32 Å². The maximum atomic E-state index is 13.4. The molecule has 1 heterocycles. The molecule has 0 radical (unpaired) electrons. The van der Waals surface area contributed by atoms with Crippen LogP contribution in [-0.2, 0) is 10.0 Å². The van der Waals surface area contributed by atoms with Crippen LogP contribution in [0.1, 0.15) is 29.6 Å². The predicted molar refractivity (Wildman–Crippen MR) is 112 cm³/mol. The first-order chi connectivity index (χ1) is 15.1. The Balaban J connectivity index is 1.79. The summed E-state index contributed by atoms with van der Waals surface area (Å²) in [5.41, 5.74) is -0.456. The minimum Gasteiger partial charge on any atom is -0.322 e. The van der Waals surface area contributed by atoms with E-state index in [9.17, 15) is 31.3 Å². The van der Waals surface area contributed by atoms with Crippen LogP contribution in [0.2, 0.25) is 5.02 Å². The lowest BCUT2D eigenvalue weighted by Crippen LogP contribution is -2.38. The smallest absolute Gasteiger partial charge is 0.255 e. The van der Waals surface area contributed by atoms with Crippen molar-refractivity contribution < 1.29 is 26.4 Å². The second-order valence-electron chi connectivity index (χ2n) is 7.34. The highest BCUT2D eigenvalue weighted by atomic mass is 35.5. The summed E-state index contributed by atoms with van der Waals surface area (Å²) in [7, 11) is -4.02. The van der Waals surface area contributed by atoms with Gasteiger partial charge in [0.15, 0.2) is 17.5 Å². The number of hydrogen-bond acceptors (Lipinski definition) is 5. The molecule has 1 aliphatic rings. The number of anilines is 1. The van der Waals surface area contributed by atoms with Gasteiger partial charge in [-0.05, 0) is 43.4 Å². The van der Waals surface area contributed by atoms with Crippen LogP contribution in [0.3, 0.4) is 0 Å². The maximum Gasteiger partial charge on any atom is 0.255 e. The molecule has 0 saturated carbocycles. The number of nitrogens with one attached hydrogen (secondary N) is 1. The highest BCUT2D eigenvalue weighted by Crippen LogP contribution is 2.30. The fraction of sp³-hybridized carbons (Fsp3) is 0.350. The first-order valence-electron chi connectivity index (χ1n) is 9.68. The van der Waals surface area contributed by atoms with Crippen LogP contribution in [0, 0.1) is 28.3 Å². The van der Waals surface area contributed by atoms with E-state index < -0.39 is 33.4 Å². The number of sulfonamides is 1. The molecule has 1 saturated heterocycles. The lowest BCUT2D eigenvalue weighted by atomic mass is 9.95. The van der Waals surface area contributed by atoms with E-state index in [0.717, 1.165) is 6.07 Å². The number of nitrogens with zero attached hydrogens (tertiary/aromatic N) is 2. The zero-order valence-corrected chi connectivity index (χ0v) is 18.2. The van der Waals surface area contributed by atoms with E-state index in [0.29, 0.717) is 31.4 Å². The number of benzene rings is 2. The number of carbonyl (C=O) groups excluding carboxylic acids is 1. The summed E-state index contributed by atoms with van der Waals surface area (Å²) in [4.78, 5) is 22.5. The minimum atomic E-state index is -4.02. The van der Waals surface area contributed by atoms with Gasteiger partial charge in [-0.3, -0.25) is 4.79 Å². The van der Waals surface area contributed by atoms with Gasteiger partial charge < -0.3 is 5.32 Å². The van der Waals surface area contributed by atoms with E-state index in [2.05, 4.69) is 10.5 Å². The van der Waals surface area contributed by atoms with Crippen molar-refractivity contribution in [3.8, 4) is 0 Å². The van der Waals surface area contributed by atoms with Crippen molar-refractivity contribution in [3.05, 3.63) is 63.3 Å². The van der Waals surface area contributed by atoms with Crippen LogP contribution >= 0.6 is 11.6 Å². The fourth-order valence-electron chi connectivity index (χ4n) is 3.49. The molecule has 2 aromatic carbocycles. The molecular formula is C20H19ClF3N3O4S. The molecule has 0 aliphatic carbocycles. The van der Waals surface area contributed by atoms with Crippen molar-refractivity contribution in [1.29, 1.82) is 0 Å². The number of amides is 1. The van der Waals surface area contributed by atoms with Gasteiger partial charge in [-0.1, -0.05) is 16.8 Å². The summed E-state index contributed by atoms with van der Waals surface area (Å²) in [6.45, 7) is 0.641. The van der Waals surface area contributed by atoms with Crippen molar-refractivity contribution in [2.75, 3.05) is 25.0 Å². The third-order valence-electron chi connectivity index (χ3n) is 5.26. The van der Waals surface area contributed by atoms with Crippen LogP contribution in [0.25, 0.3) is 0 Å². The van der Waals surface area contributed by atoms with Crippen LogP contribution in [0.5, 0.6) is 0 Å². The molecule has 0 atom stereocenters. The van der Waals surface area contributed by atoms with Gasteiger partial charge >= 0.3 is 0 Å². The molecule has 3 rings (SSSR count). The number of piperidine rings is 1. The first kappa shape index (κ1) is 24.1. The standard InChI is InChI=1S/C20H19ClF3N3O4S/c21-15-2-1-13(20(28)26-14-10-16(22)19(24)17(23)11-14)9-18(15)32(30,31)27-7-4-12(5-8-27)3-6-25-29/h1-2,9-12H,3-8H2,(H,26,28). The predicted octanol–water partition coefficient (Wildman–Crippen LogP) is 4.57. The van der Waals surface area contributed by atoms with Gasteiger partial charge in [-0.15, -0.1) is 0 Å². The Hall–Kier alpha value is -2.50. The van der Waals surface area contributed by atoms with Crippen LogP contribution in [0.4, 0.5) is 18.9 Å². The zero-order valence-electron chi connectivity index (χ0n) is 16.7. The summed E-state index contributed by atoms with van der Waals surface area (Å²) < 4.78 is 67.3. The van der Waals surface area contributed by atoms with Gasteiger partial charge in [-0.25, -0.2) is 21.6 Å². The first-order valence-corrected chi connectivity index (χ1v) is 11.5. The summed E-state index contributed by atoms with van der Waals surface area (Å²) >= 11 is 6.10. The molecule has 32 heavy (non-hydrogen) atoms. The Bertz CT molecular complexity index is 1120. The van der Waals surface area contributed by atoms with E-state index in [-0.39, 0.29) is 46.7 Å². The van der Waals surface area contributed by atoms with Gasteiger partial charge in [0.2, 0.25) is 10.0 Å². The molecule has 12 heteroatoms. The monoisotopic (exact) mass is 489 g/mol. The molecular weight excluding hydrogens is 471 g/mol. The van der Waals surface area contributed by atoms with Crippen molar-refractivity contribution in [2.45, 2.75) is 24.2 Å². The molecule has 0 aromatic heterocycles. The highest BCUT2D eigenvalue weighted by molar-refractivity contribution is 7.89. The van der Waals surface area contributed by atoms with Crippen molar-refractivity contribution in [2.24, 2.45) is 11.1 Å². The van der Waals surface area contributed by atoms with Crippen molar-refractivity contribution >= 4 is 33.2 Å². The maximum absolute atomic E-state index is 13.4. The molecule has 1 fully saturated rings. The Kier molecular flexibility index (Phi) is 7.52. The van der Waals surface area contributed by atoms with Crippen molar-refractivity contribution in [1.82, 2.24) is 4.31 Å². The molecule has 0 spiro atoms. The van der Waals surface area contributed by atoms with Gasteiger partial charge in [-0.2, -0.15) is 9.21 Å². The lowest BCUT2D eigenvalue weighted by Gasteiger charge is -2.31. The summed E-state index contributed by atoms with van der Waals surface area (Å²) in [5.74, 6) is -5.29. The Labute approximate surface area is 187 Å². The third-order valence-corrected chi connectivity index (χ3v) is 7.64. The Morgan fingerprint density at radius 1 is 1.12 bits per heavy atom. The van der Waals surface area contributed by atoms with E-state index >= 15 is 0 Å². The molecule has 7 nitrogen and oxygen atoms in total. The summed E-state index contributed by atoms with van der Waals surface area (Å²) in [6, 6.07) is 4.78.